The average Bonchev–Trinajstić information content (AvgIpc) is 2.74. The van der Waals surface area contributed by atoms with Crippen molar-refractivity contribution in [3.8, 4) is 0 Å². The lowest BCUT2D eigenvalue weighted by molar-refractivity contribution is -0.136. The maximum Gasteiger partial charge on any atom is 0.308 e. The maximum absolute atomic E-state index is 10.7. The van der Waals surface area contributed by atoms with E-state index in [0.717, 1.165) is 11.4 Å². The van der Waals surface area contributed by atoms with Crippen LogP contribution >= 0.6 is 11.3 Å². The number of hydrogen-bond acceptors (Lipinski definition) is 3. The summed E-state index contributed by atoms with van der Waals surface area (Å²) < 4.78 is 0. The summed E-state index contributed by atoms with van der Waals surface area (Å²) in [7, 11) is 0. The topological polar surface area (TPSA) is 49.3 Å². The molecule has 1 aliphatic rings. The van der Waals surface area contributed by atoms with Crippen LogP contribution in [0, 0.1) is 5.41 Å². The fourth-order valence-electron chi connectivity index (χ4n) is 2.86. The molecule has 0 saturated heterocycles. The second-order valence-electron chi connectivity index (χ2n) is 6.11. The standard InChI is InChI=1S/C15H23NO2S/c1-15(2)8-4-3-5-13(15)16-10-12-7-6-11(19-12)9-14(17)18/h6-7,13,16H,3-5,8-10H2,1-2H3,(H,17,18). The summed E-state index contributed by atoms with van der Waals surface area (Å²) in [4.78, 5) is 12.8. The van der Waals surface area contributed by atoms with Gasteiger partial charge in [0.1, 0.15) is 0 Å². The Kier molecular flexibility index (Phi) is 4.63. The Labute approximate surface area is 119 Å². The second kappa shape index (κ2) is 6.06. The first-order valence-corrected chi connectivity index (χ1v) is 7.82. The summed E-state index contributed by atoms with van der Waals surface area (Å²) in [5, 5.41) is 12.4. The van der Waals surface area contributed by atoms with E-state index in [9.17, 15) is 4.79 Å². The molecule has 0 radical (unpaired) electrons. The lowest BCUT2D eigenvalue weighted by atomic mass is 9.73. The molecule has 1 aliphatic carbocycles. The molecular formula is C15H23NO2S. The van der Waals surface area contributed by atoms with Crippen LogP contribution in [0.3, 0.4) is 0 Å². The second-order valence-corrected chi connectivity index (χ2v) is 7.36. The molecule has 2 N–H and O–H groups in total. The van der Waals surface area contributed by atoms with Crippen LogP contribution in [0.4, 0.5) is 0 Å². The Morgan fingerprint density at radius 3 is 2.84 bits per heavy atom. The van der Waals surface area contributed by atoms with Crippen molar-refractivity contribution in [1.29, 1.82) is 0 Å². The summed E-state index contributed by atoms with van der Waals surface area (Å²) in [6.45, 7) is 5.54. The Hall–Kier alpha value is -0.870. The minimum Gasteiger partial charge on any atom is -0.481 e. The SMILES string of the molecule is CC1(C)CCCCC1NCc1ccc(CC(=O)O)s1. The van der Waals surface area contributed by atoms with E-state index >= 15 is 0 Å². The molecule has 3 nitrogen and oxygen atoms in total. The van der Waals surface area contributed by atoms with Crippen molar-refractivity contribution in [3.05, 3.63) is 21.9 Å². The predicted octanol–water partition coefficient (Wildman–Crippen LogP) is 3.43. The zero-order valence-corrected chi connectivity index (χ0v) is 12.6. The number of carbonyl (C=O) groups is 1. The largest absolute Gasteiger partial charge is 0.481 e. The van der Waals surface area contributed by atoms with Crippen LogP contribution < -0.4 is 5.32 Å². The van der Waals surface area contributed by atoms with Crippen LogP contribution in [0.5, 0.6) is 0 Å². The van der Waals surface area contributed by atoms with Gasteiger partial charge in [-0.1, -0.05) is 26.7 Å². The average molecular weight is 281 g/mol. The molecule has 19 heavy (non-hydrogen) atoms. The van der Waals surface area contributed by atoms with E-state index in [1.807, 2.05) is 12.1 Å². The predicted molar refractivity (Wildman–Crippen MR) is 78.5 cm³/mol. The molecule has 1 unspecified atom stereocenters. The van der Waals surface area contributed by atoms with Gasteiger partial charge in [-0.25, -0.2) is 0 Å². The van der Waals surface area contributed by atoms with Crippen molar-refractivity contribution >= 4 is 17.3 Å². The minimum absolute atomic E-state index is 0.138. The van der Waals surface area contributed by atoms with E-state index in [1.165, 1.54) is 30.6 Å². The van der Waals surface area contributed by atoms with Crippen LogP contribution in [0.1, 0.15) is 49.3 Å². The molecule has 2 rings (SSSR count). The van der Waals surface area contributed by atoms with Crippen LogP contribution in [-0.2, 0) is 17.8 Å². The Morgan fingerprint density at radius 1 is 1.42 bits per heavy atom. The first-order chi connectivity index (χ1) is 8.97. The van der Waals surface area contributed by atoms with Crippen LogP contribution in [0.15, 0.2) is 12.1 Å². The van der Waals surface area contributed by atoms with Crippen LogP contribution in [-0.4, -0.2) is 17.1 Å². The summed E-state index contributed by atoms with van der Waals surface area (Å²) in [5.74, 6) is -0.755. The van der Waals surface area contributed by atoms with E-state index in [2.05, 4.69) is 19.2 Å². The molecule has 0 spiro atoms. The van der Waals surface area contributed by atoms with Gasteiger partial charge in [0, 0.05) is 22.3 Å². The molecule has 1 atom stereocenters. The van der Waals surface area contributed by atoms with Gasteiger partial charge >= 0.3 is 5.97 Å². The van der Waals surface area contributed by atoms with Crippen molar-refractivity contribution in [2.75, 3.05) is 0 Å². The number of nitrogens with one attached hydrogen (secondary N) is 1. The summed E-state index contributed by atoms with van der Waals surface area (Å²) in [6, 6.07) is 4.55. The third-order valence-electron chi connectivity index (χ3n) is 4.07. The third kappa shape index (κ3) is 4.05. The van der Waals surface area contributed by atoms with Crippen LogP contribution in [0.25, 0.3) is 0 Å². The molecule has 0 aliphatic heterocycles. The highest BCUT2D eigenvalue weighted by Gasteiger charge is 2.31. The number of thiophene rings is 1. The lowest BCUT2D eigenvalue weighted by Crippen LogP contribution is -2.43. The van der Waals surface area contributed by atoms with Gasteiger partial charge in [0.15, 0.2) is 0 Å². The van der Waals surface area contributed by atoms with Gasteiger partial charge < -0.3 is 10.4 Å². The molecule has 1 aromatic rings. The number of carboxylic acid groups (broad SMARTS) is 1. The summed E-state index contributed by atoms with van der Waals surface area (Å²) >= 11 is 1.61. The molecular weight excluding hydrogens is 258 g/mol. The summed E-state index contributed by atoms with van der Waals surface area (Å²) in [6.07, 6.45) is 5.34. The highest BCUT2D eigenvalue weighted by molar-refractivity contribution is 7.12. The molecule has 106 valence electrons. The van der Waals surface area contributed by atoms with Gasteiger partial charge in [0.2, 0.25) is 0 Å². The Balaban J connectivity index is 1.87. The number of rotatable bonds is 5. The van der Waals surface area contributed by atoms with Crippen molar-refractivity contribution in [3.63, 3.8) is 0 Å². The molecule has 0 amide bonds. The molecule has 1 aromatic heterocycles. The van der Waals surface area contributed by atoms with Crippen molar-refractivity contribution in [2.24, 2.45) is 5.41 Å². The van der Waals surface area contributed by atoms with Gasteiger partial charge in [-0.15, -0.1) is 11.3 Å². The van der Waals surface area contributed by atoms with Crippen LogP contribution in [0.2, 0.25) is 0 Å². The zero-order valence-electron chi connectivity index (χ0n) is 11.7. The van der Waals surface area contributed by atoms with Gasteiger partial charge in [-0.3, -0.25) is 4.79 Å². The fraction of sp³-hybridized carbons (Fsp3) is 0.667. The monoisotopic (exact) mass is 281 g/mol. The smallest absolute Gasteiger partial charge is 0.308 e. The number of aliphatic carboxylic acids is 1. The van der Waals surface area contributed by atoms with Gasteiger partial charge in [0.05, 0.1) is 6.42 Å². The lowest BCUT2D eigenvalue weighted by Gasteiger charge is -2.39. The Morgan fingerprint density at radius 2 is 2.16 bits per heavy atom. The van der Waals surface area contributed by atoms with Crippen molar-refractivity contribution < 1.29 is 9.90 Å². The third-order valence-corrected chi connectivity index (χ3v) is 5.16. The normalized spacial score (nSPS) is 22.3. The molecule has 0 aromatic carbocycles. The number of carboxylic acids is 1. The van der Waals surface area contributed by atoms with Crippen molar-refractivity contribution in [2.45, 2.75) is 58.5 Å². The van der Waals surface area contributed by atoms with Crippen molar-refractivity contribution in [1.82, 2.24) is 5.32 Å². The van der Waals surface area contributed by atoms with E-state index in [4.69, 9.17) is 5.11 Å². The van der Waals surface area contributed by atoms with E-state index < -0.39 is 5.97 Å². The molecule has 1 saturated carbocycles. The van der Waals surface area contributed by atoms with Gasteiger partial charge in [0.25, 0.3) is 0 Å². The minimum atomic E-state index is -0.755. The fourth-order valence-corrected chi connectivity index (χ4v) is 3.82. The quantitative estimate of drug-likeness (QED) is 0.869. The van der Waals surface area contributed by atoms with E-state index in [1.54, 1.807) is 11.3 Å². The molecule has 1 fully saturated rings. The first kappa shape index (κ1) is 14.5. The van der Waals surface area contributed by atoms with Gasteiger partial charge in [-0.2, -0.15) is 0 Å². The zero-order chi connectivity index (χ0) is 13.9. The highest BCUT2D eigenvalue weighted by atomic mass is 32.1. The molecule has 0 bridgehead atoms. The Bertz CT molecular complexity index is 439. The van der Waals surface area contributed by atoms with E-state index in [0.29, 0.717) is 11.5 Å². The highest BCUT2D eigenvalue weighted by Crippen LogP contribution is 2.35. The van der Waals surface area contributed by atoms with Gasteiger partial charge in [-0.05, 0) is 30.4 Å². The van der Waals surface area contributed by atoms with E-state index in [-0.39, 0.29) is 6.42 Å². The number of hydrogen-bond donors (Lipinski definition) is 2. The first-order valence-electron chi connectivity index (χ1n) is 7.00. The summed E-state index contributed by atoms with van der Waals surface area (Å²) in [5.41, 5.74) is 0.374. The molecule has 1 heterocycles. The maximum atomic E-state index is 10.7. The molecule has 4 heteroatoms.